The number of hydrogen-bond acceptors (Lipinski definition) is 3. The summed E-state index contributed by atoms with van der Waals surface area (Å²) in [5, 5.41) is 9.69. The topological polar surface area (TPSA) is 46.5 Å². The zero-order valence-corrected chi connectivity index (χ0v) is 10.00. The van der Waals surface area contributed by atoms with Crippen LogP contribution in [0, 0.1) is 6.92 Å². The van der Waals surface area contributed by atoms with Crippen molar-refractivity contribution in [1.29, 1.82) is 0 Å². The molecular formula is C13H16O3. The minimum Gasteiger partial charge on any atom is -0.424 e. The van der Waals surface area contributed by atoms with Crippen LogP contribution < -0.4 is 4.74 Å². The Labute approximate surface area is 95.0 Å². The van der Waals surface area contributed by atoms with E-state index in [4.69, 9.17) is 4.74 Å². The molecule has 1 aromatic carbocycles. The van der Waals surface area contributed by atoms with Gasteiger partial charge in [0, 0.05) is 5.56 Å². The highest BCUT2D eigenvalue weighted by atomic mass is 16.6. The molecule has 1 N–H and O–H groups in total. The monoisotopic (exact) mass is 220 g/mol. The maximum atomic E-state index is 11.3. The molecule has 0 fully saturated rings. The molecule has 0 amide bonds. The first-order chi connectivity index (χ1) is 7.30. The summed E-state index contributed by atoms with van der Waals surface area (Å²) in [4.78, 5) is 11.3. The van der Waals surface area contributed by atoms with Gasteiger partial charge in [-0.1, -0.05) is 26.8 Å². The van der Waals surface area contributed by atoms with Gasteiger partial charge in [0.2, 0.25) is 0 Å². The summed E-state index contributed by atoms with van der Waals surface area (Å²) in [7, 11) is 0. The van der Waals surface area contributed by atoms with Crippen molar-refractivity contribution in [3.8, 4) is 5.75 Å². The summed E-state index contributed by atoms with van der Waals surface area (Å²) in [5.74, 6) is -0.0605. The van der Waals surface area contributed by atoms with Gasteiger partial charge in [-0.15, -0.1) is 0 Å². The highest BCUT2D eigenvalue weighted by molar-refractivity contribution is 5.85. The van der Waals surface area contributed by atoms with Gasteiger partial charge in [-0.25, -0.2) is 4.79 Å². The predicted octanol–water partition coefficient (Wildman–Crippen LogP) is 2.24. The smallest absolute Gasteiger partial charge is 0.345 e. The van der Waals surface area contributed by atoms with Crippen molar-refractivity contribution in [3.05, 3.63) is 28.8 Å². The van der Waals surface area contributed by atoms with Crippen LogP contribution in [0.1, 0.15) is 43.6 Å². The summed E-state index contributed by atoms with van der Waals surface area (Å²) in [6, 6.07) is 3.86. The molecule has 1 heterocycles. The largest absolute Gasteiger partial charge is 0.424 e. The van der Waals surface area contributed by atoms with E-state index in [1.165, 1.54) is 0 Å². The fourth-order valence-corrected chi connectivity index (χ4v) is 1.86. The van der Waals surface area contributed by atoms with Crippen molar-refractivity contribution < 1.29 is 14.6 Å². The van der Waals surface area contributed by atoms with Crippen molar-refractivity contribution >= 4 is 5.97 Å². The van der Waals surface area contributed by atoms with E-state index in [1.807, 2.05) is 19.1 Å². The van der Waals surface area contributed by atoms with E-state index in [-0.39, 0.29) is 5.41 Å². The molecule has 3 nitrogen and oxygen atoms in total. The minimum atomic E-state index is -1.13. The Bertz CT molecular complexity index is 455. The van der Waals surface area contributed by atoms with Crippen molar-refractivity contribution in [2.45, 2.75) is 39.2 Å². The van der Waals surface area contributed by atoms with Crippen molar-refractivity contribution in [2.24, 2.45) is 0 Å². The minimum absolute atomic E-state index is 0.00878. The van der Waals surface area contributed by atoms with E-state index in [9.17, 15) is 9.90 Å². The van der Waals surface area contributed by atoms with Crippen LogP contribution in [0.2, 0.25) is 0 Å². The lowest BCUT2D eigenvalue weighted by Crippen LogP contribution is -2.12. The summed E-state index contributed by atoms with van der Waals surface area (Å²) in [6.07, 6.45) is -1.13. The summed E-state index contributed by atoms with van der Waals surface area (Å²) in [5.41, 5.74) is 2.58. The second kappa shape index (κ2) is 3.32. The Morgan fingerprint density at radius 1 is 1.31 bits per heavy atom. The summed E-state index contributed by atoms with van der Waals surface area (Å²) in [6.45, 7) is 8.17. The maximum absolute atomic E-state index is 11.3. The molecule has 1 aliphatic rings. The third kappa shape index (κ3) is 1.61. The van der Waals surface area contributed by atoms with E-state index in [1.54, 1.807) is 0 Å². The third-order valence-electron chi connectivity index (χ3n) is 2.89. The molecule has 0 saturated carbocycles. The average Bonchev–Trinajstić information content (AvgIpc) is 2.44. The van der Waals surface area contributed by atoms with Crippen LogP contribution in [-0.2, 0) is 10.2 Å². The molecule has 0 aromatic heterocycles. The number of benzene rings is 1. The van der Waals surface area contributed by atoms with Crippen LogP contribution in [0.25, 0.3) is 0 Å². The van der Waals surface area contributed by atoms with Gasteiger partial charge >= 0.3 is 5.97 Å². The normalized spacial score (nSPS) is 19.6. The number of fused-ring (bicyclic) bond motifs is 1. The molecule has 86 valence electrons. The third-order valence-corrected chi connectivity index (χ3v) is 2.89. The molecule has 0 aliphatic carbocycles. The zero-order chi connectivity index (χ0) is 12.1. The van der Waals surface area contributed by atoms with Crippen LogP contribution >= 0.6 is 0 Å². The Morgan fingerprint density at radius 2 is 1.94 bits per heavy atom. The summed E-state index contributed by atoms with van der Waals surface area (Å²) < 4.78 is 5.03. The van der Waals surface area contributed by atoms with Gasteiger partial charge in [-0.3, -0.25) is 0 Å². The molecule has 1 aromatic rings. The molecule has 1 aliphatic heterocycles. The quantitative estimate of drug-likeness (QED) is 0.538. The number of rotatable bonds is 0. The lowest BCUT2D eigenvalue weighted by atomic mass is 9.84. The van der Waals surface area contributed by atoms with E-state index >= 15 is 0 Å². The maximum Gasteiger partial charge on any atom is 0.345 e. The van der Waals surface area contributed by atoms with Gasteiger partial charge in [0.05, 0.1) is 0 Å². The Kier molecular flexibility index (Phi) is 2.31. The summed E-state index contributed by atoms with van der Waals surface area (Å²) >= 11 is 0. The highest BCUT2D eigenvalue weighted by Gasteiger charge is 2.33. The predicted molar refractivity (Wildman–Crippen MR) is 60.5 cm³/mol. The van der Waals surface area contributed by atoms with E-state index < -0.39 is 12.1 Å². The number of aliphatic hydroxyl groups is 1. The Morgan fingerprint density at radius 3 is 2.50 bits per heavy atom. The molecule has 1 atom stereocenters. The fourth-order valence-electron chi connectivity index (χ4n) is 1.86. The van der Waals surface area contributed by atoms with Crippen LogP contribution in [0.4, 0.5) is 0 Å². The van der Waals surface area contributed by atoms with Crippen molar-refractivity contribution in [2.75, 3.05) is 0 Å². The second-order valence-corrected chi connectivity index (χ2v) is 5.29. The molecule has 0 saturated heterocycles. The highest BCUT2D eigenvalue weighted by Crippen LogP contribution is 2.39. The molecule has 0 spiro atoms. The number of aryl methyl sites for hydroxylation is 1. The number of ether oxygens (including phenoxy) is 1. The Balaban J connectivity index is 2.60. The van der Waals surface area contributed by atoms with Crippen molar-refractivity contribution in [1.82, 2.24) is 0 Å². The van der Waals surface area contributed by atoms with Gasteiger partial charge in [0.25, 0.3) is 0 Å². The van der Waals surface area contributed by atoms with Gasteiger partial charge in [-0.2, -0.15) is 0 Å². The van der Waals surface area contributed by atoms with Crippen LogP contribution in [-0.4, -0.2) is 11.1 Å². The van der Waals surface area contributed by atoms with Crippen LogP contribution in [0.3, 0.4) is 0 Å². The zero-order valence-electron chi connectivity index (χ0n) is 10.00. The molecule has 0 bridgehead atoms. The van der Waals surface area contributed by atoms with Gasteiger partial charge in [0.1, 0.15) is 5.75 Å². The van der Waals surface area contributed by atoms with Gasteiger partial charge in [0.15, 0.2) is 6.10 Å². The van der Waals surface area contributed by atoms with E-state index in [0.717, 1.165) is 11.1 Å². The molecule has 1 unspecified atom stereocenters. The van der Waals surface area contributed by atoms with Gasteiger partial charge < -0.3 is 9.84 Å². The molecule has 16 heavy (non-hydrogen) atoms. The molecule has 2 rings (SSSR count). The van der Waals surface area contributed by atoms with Crippen molar-refractivity contribution in [3.63, 3.8) is 0 Å². The standard InChI is InChI=1S/C13H16O3/c1-7-5-8(13(2,3)4)6-9-10(14)12(15)16-11(7)9/h5-6,10,14H,1-4H3. The number of hydrogen-bond donors (Lipinski definition) is 1. The molecular weight excluding hydrogens is 204 g/mol. The average molecular weight is 220 g/mol. The first-order valence-corrected chi connectivity index (χ1v) is 5.35. The SMILES string of the molecule is Cc1cc(C(C)(C)C)cc2c1OC(=O)C2O. The molecule has 0 radical (unpaired) electrons. The number of esters is 1. The number of carbonyl (C=O) groups is 1. The number of aliphatic hydroxyl groups excluding tert-OH is 1. The van der Waals surface area contributed by atoms with Crippen LogP contribution in [0.5, 0.6) is 5.75 Å². The van der Waals surface area contributed by atoms with Crippen LogP contribution in [0.15, 0.2) is 12.1 Å². The Hall–Kier alpha value is -1.35. The fraction of sp³-hybridized carbons (Fsp3) is 0.462. The number of carbonyl (C=O) groups excluding carboxylic acids is 1. The van der Waals surface area contributed by atoms with E-state index in [0.29, 0.717) is 11.3 Å². The lowest BCUT2D eigenvalue weighted by molar-refractivity contribution is -0.140. The first kappa shape index (κ1) is 11.1. The van der Waals surface area contributed by atoms with Gasteiger partial charge in [-0.05, 0) is 29.5 Å². The molecule has 3 heteroatoms. The van der Waals surface area contributed by atoms with E-state index in [2.05, 4.69) is 20.8 Å². The first-order valence-electron chi connectivity index (χ1n) is 5.35. The lowest BCUT2D eigenvalue weighted by Gasteiger charge is -2.20. The second-order valence-electron chi connectivity index (χ2n) is 5.29.